The number of pyridine rings is 1. The van der Waals surface area contributed by atoms with E-state index in [-0.39, 0.29) is 5.56 Å². The third-order valence-corrected chi connectivity index (χ3v) is 4.22. The minimum Gasteiger partial charge on any atom is -0.478 e. The van der Waals surface area contributed by atoms with Crippen LogP contribution in [0.1, 0.15) is 15.9 Å². The maximum Gasteiger partial charge on any atom is 0.335 e. The molecule has 0 fully saturated rings. The Labute approximate surface area is 155 Å². The lowest BCUT2D eigenvalue weighted by molar-refractivity contribution is 0.0697. The van der Waals surface area contributed by atoms with Crippen LogP contribution in [0.3, 0.4) is 0 Å². The van der Waals surface area contributed by atoms with Crippen molar-refractivity contribution >= 4 is 23.3 Å². The summed E-state index contributed by atoms with van der Waals surface area (Å²) < 4.78 is 1.71. The van der Waals surface area contributed by atoms with Crippen LogP contribution in [-0.4, -0.2) is 25.7 Å². The Morgan fingerprint density at radius 1 is 1.11 bits per heavy atom. The highest BCUT2D eigenvalue weighted by Gasteiger charge is 2.10. The standard InChI is InChI=1S/C20H17N5O2/c21-12-13-3-1-4-15(11-13)17-5-2-10-25-18(17)23-20(24-25)22-16-8-6-14(7-9-16)19(26)27/h1-11H,12,21H2,(H,22,24)(H,26,27). The highest BCUT2D eigenvalue weighted by Crippen LogP contribution is 2.25. The second-order valence-corrected chi connectivity index (χ2v) is 6.04. The molecule has 134 valence electrons. The lowest BCUT2D eigenvalue weighted by atomic mass is 10.0. The number of carboxylic acids is 1. The van der Waals surface area contributed by atoms with Crippen molar-refractivity contribution in [2.45, 2.75) is 6.54 Å². The van der Waals surface area contributed by atoms with Crippen LogP contribution < -0.4 is 11.1 Å². The summed E-state index contributed by atoms with van der Waals surface area (Å²) >= 11 is 0. The number of rotatable bonds is 5. The zero-order valence-electron chi connectivity index (χ0n) is 14.3. The van der Waals surface area contributed by atoms with Crippen LogP contribution >= 0.6 is 0 Å². The molecule has 0 amide bonds. The number of hydrogen-bond donors (Lipinski definition) is 3. The van der Waals surface area contributed by atoms with E-state index in [2.05, 4.69) is 15.4 Å². The van der Waals surface area contributed by atoms with E-state index in [1.54, 1.807) is 16.6 Å². The van der Waals surface area contributed by atoms with Crippen molar-refractivity contribution in [3.05, 3.63) is 78.0 Å². The first kappa shape index (κ1) is 16.7. The van der Waals surface area contributed by atoms with Crippen LogP contribution in [0.4, 0.5) is 11.6 Å². The van der Waals surface area contributed by atoms with Gasteiger partial charge in [-0.25, -0.2) is 9.31 Å². The first-order valence-corrected chi connectivity index (χ1v) is 8.39. The largest absolute Gasteiger partial charge is 0.478 e. The molecule has 7 heteroatoms. The summed E-state index contributed by atoms with van der Waals surface area (Å²) in [7, 11) is 0. The van der Waals surface area contributed by atoms with Crippen LogP contribution in [0.5, 0.6) is 0 Å². The Kier molecular flexibility index (Phi) is 4.27. The second kappa shape index (κ2) is 6.89. The van der Waals surface area contributed by atoms with Gasteiger partial charge in [0.05, 0.1) is 5.56 Å². The molecule has 0 saturated heterocycles. The van der Waals surface area contributed by atoms with Crippen LogP contribution in [0.15, 0.2) is 66.9 Å². The molecule has 2 aromatic carbocycles. The van der Waals surface area contributed by atoms with Gasteiger partial charge in [0, 0.05) is 24.0 Å². The molecule has 0 aliphatic carbocycles. The van der Waals surface area contributed by atoms with Gasteiger partial charge in [-0.3, -0.25) is 0 Å². The van der Waals surface area contributed by atoms with Gasteiger partial charge in [-0.2, -0.15) is 4.98 Å². The summed E-state index contributed by atoms with van der Waals surface area (Å²) in [6.45, 7) is 0.475. The van der Waals surface area contributed by atoms with E-state index in [4.69, 9.17) is 10.8 Å². The Balaban J connectivity index is 1.69. The minimum atomic E-state index is -0.961. The molecule has 0 unspecified atom stereocenters. The van der Waals surface area contributed by atoms with Gasteiger partial charge in [-0.15, -0.1) is 5.10 Å². The average Bonchev–Trinajstić information content (AvgIpc) is 3.10. The summed E-state index contributed by atoms with van der Waals surface area (Å²) in [5.74, 6) is -0.530. The molecule has 4 aromatic rings. The minimum absolute atomic E-state index is 0.227. The normalized spacial score (nSPS) is 10.9. The number of carboxylic acid groups (broad SMARTS) is 1. The van der Waals surface area contributed by atoms with E-state index >= 15 is 0 Å². The number of hydrogen-bond acceptors (Lipinski definition) is 5. The van der Waals surface area contributed by atoms with Gasteiger partial charge in [0.15, 0.2) is 5.65 Å². The number of nitrogens with one attached hydrogen (secondary N) is 1. The van der Waals surface area contributed by atoms with Crippen molar-refractivity contribution in [3.63, 3.8) is 0 Å². The first-order chi connectivity index (χ1) is 13.1. The van der Waals surface area contributed by atoms with E-state index in [9.17, 15) is 4.79 Å². The zero-order chi connectivity index (χ0) is 18.8. The SMILES string of the molecule is NCc1cccc(-c2cccn3nc(Nc4ccc(C(=O)O)cc4)nc23)c1. The van der Waals surface area contributed by atoms with Crippen LogP contribution in [0.2, 0.25) is 0 Å². The summed E-state index contributed by atoms with van der Waals surface area (Å²) in [4.78, 5) is 15.5. The fraction of sp³-hybridized carbons (Fsp3) is 0.0500. The lowest BCUT2D eigenvalue weighted by Crippen LogP contribution is -1.97. The lowest BCUT2D eigenvalue weighted by Gasteiger charge is -2.05. The van der Waals surface area contributed by atoms with E-state index in [0.717, 1.165) is 22.3 Å². The maximum atomic E-state index is 10.9. The predicted molar refractivity (Wildman–Crippen MR) is 103 cm³/mol. The van der Waals surface area contributed by atoms with Gasteiger partial charge in [0.2, 0.25) is 5.95 Å². The number of fused-ring (bicyclic) bond motifs is 1. The van der Waals surface area contributed by atoms with Crippen LogP contribution in [0, 0.1) is 0 Å². The van der Waals surface area contributed by atoms with Gasteiger partial charge < -0.3 is 16.2 Å². The molecule has 0 bridgehead atoms. The average molecular weight is 359 g/mol. The molecule has 0 saturated carbocycles. The summed E-state index contributed by atoms with van der Waals surface area (Å²) in [5, 5.41) is 16.5. The Hall–Kier alpha value is -3.71. The Morgan fingerprint density at radius 3 is 2.67 bits per heavy atom. The van der Waals surface area contributed by atoms with Gasteiger partial charge in [0.25, 0.3) is 0 Å². The van der Waals surface area contributed by atoms with Crippen molar-refractivity contribution in [2.24, 2.45) is 5.73 Å². The van der Waals surface area contributed by atoms with Crippen LogP contribution in [-0.2, 0) is 6.54 Å². The number of nitrogens with zero attached hydrogens (tertiary/aromatic N) is 3. The molecule has 0 atom stereocenters. The Morgan fingerprint density at radius 2 is 1.93 bits per heavy atom. The molecule has 4 N–H and O–H groups in total. The van der Waals surface area contributed by atoms with Crippen LogP contribution in [0.25, 0.3) is 16.8 Å². The smallest absolute Gasteiger partial charge is 0.335 e. The molecule has 0 spiro atoms. The number of benzene rings is 2. The van der Waals surface area contributed by atoms with Crippen molar-refractivity contribution in [2.75, 3.05) is 5.32 Å². The highest BCUT2D eigenvalue weighted by atomic mass is 16.4. The van der Waals surface area contributed by atoms with Gasteiger partial charge in [-0.1, -0.05) is 18.2 Å². The fourth-order valence-corrected chi connectivity index (χ4v) is 2.88. The van der Waals surface area contributed by atoms with Gasteiger partial charge in [0.1, 0.15) is 0 Å². The molecular weight excluding hydrogens is 342 g/mol. The van der Waals surface area contributed by atoms with E-state index in [1.165, 1.54) is 12.1 Å². The van der Waals surface area contributed by atoms with E-state index in [1.807, 2.05) is 42.6 Å². The highest BCUT2D eigenvalue weighted by molar-refractivity contribution is 5.88. The number of anilines is 2. The van der Waals surface area contributed by atoms with Crippen molar-refractivity contribution in [1.82, 2.24) is 14.6 Å². The maximum absolute atomic E-state index is 10.9. The third kappa shape index (κ3) is 3.36. The van der Waals surface area contributed by atoms with Crippen molar-refractivity contribution < 1.29 is 9.90 Å². The Bertz CT molecular complexity index is 1120. The van der Waals surface area contributed by atoms with E-state index in [0.29, 0.717) is 18.2 Å². The fourth-order valence-electron chi connectivity index (χ4n) is 2.88. The topological polar surface area (TPSA) is 106 Å². The second-order valence-electron chi connectivity index (χ2n) is 6.04. The van der Waals surface area contributed by atoms with E-state index < -0.39 is 5.97 Å². The number of aromatic nitrogens is 3. The molecule has 0 radical (unpaired) electrons. The predicted octanol–water partition coefficient (Wildman–Crippen LogP) is 3.30. The molecule has 0 aliphatic heterocycles. The summed E-state index contributed by atoms with van der Waals surface area (Å²) in [5.41, 5.74) is 10.4. The monoisotopic (exact) mass is 359 g/mol. The summed E-state index contributed by atoms with van der Waals surface area (Å²) in [6.07, 6.45) is 1.83. The van der Waals surface area contributed by atoms with Gasteiger partial charge >= 0.3 is 5.97 Å². The summed E-state index contributed by atoms with van der Waals surface area (Å²) in [6, 6.07) is 18.4. The first-order valence-electron chi connectivity index (χ1n) is 8.39. The molecular formula is C20H17N5O2. The molecule has 2 aromatic heterocycles. The third-order valence-electron chi connectivity index (χ3n) is 4.22. The number of aromatic carboxylic acids is 1. The van der Waals surface area contributed by atoms with Gasteiger partial charge in [-0.05, 0) is 53.6 Å². The molecule has 0 aliphatic rings. The van der Waals surface area contributed by atoms with Crippen molar-refractivity contribution in [1.29, 1.82) is 0 Å². The quantitative estimate of drug-likeness (QED) is 0.505. The molecule has 7 nitrogen and oxygen atoms in total. The molecule has 2 heterocycles. The number of nitrogens with two attached hydrogens (primary N) is 1. The van der Waals surface area contributed by atoms with Crippen molar-refractivity contribution in [3.8, 4) is 11.1 Å². The molecule has 4 rings (SSSR count). The zero-order valence-corrected chi connectivity index (χ0v) is 14.3. The molecule has 27 heavy (non-hydrogen) atoms. The number of carbonyl (C=O) groups is 1.